The van der Waals surface area contributed by atoms with E-state index in [0.29, 0.717) is 32.2 Å². The van der Waals surface area contributed by atoms with Crippen molar-refractivity contribution < 1.29 is 28.6 Å². The summed E-state index contributed by atoms with van der Waals surface area (Å²) in [5, 5.41) is 20.4. The van der Waals surface area contributed by atoms with Crippen LogP contribution in [0.25, 0.3) is 5.76 Å². The van der Waals surface area contributed by atoms with Crippen LogP contribution in [0.2, 0.25) is 5.02 Å². The summed E-state index contributed by atoms with van der Waals surface area (Å²) in [6.07, 6.45) is 0. The van der Waals surface area contributed by atoms with Crippen molar-refractivity contribution in [2.45, 2.75) is 16.1 Å². The Morgan fingerprint density at radius 1 is 1.05 bits per heavy atom. The summed E-state index contributed by atoms with van der Waals surface area (Å²) in [4.78, 5) is 28.0. The SMILES string of the molecule is COc1ccc(C2/C(=C(/O)c3ccc(F)cc3)C(=O)C(=O)N2c2nnc(SCc3ccccc3Cl)s2)cc1OC. The van der Waals surface area contributed by atoms with E-state index in [1.807, 2.05) is 18.2 Å². The molecule has 1 aromatic heterocycles. The molecule has 40 heavy (non-hydrogen) atoms. The van der Waals surface area contributed by atoms with Gasteiger partial charge in [0.2, 0.25) is 5.13 Å². The molecule has 204 valence electrons. The molecule has 1 N–H and O–H groups in total. The van der Waals surface area contributed by atoms with Crippen LogP contribution in [0.3, 0.4) is 0 Å². The fourth-order valence-corrected chi connectivity index (χ4v) is 6.40. The Morgan fingerprint density at radius 3 is 2.48 bits per heavy atom. The molecule has 0 spiro atoms. The van der Waals surface area contributed by atoms with E-state index in [2.05, 4.69) is 10.2 Å². The van der Waals surface area contributed by atoms with Crippen molar-refractivity contribution in [3.63, 3.8) is 0 Å². The molecule has 1 atom stereocenters. The quantitative estimate of drug-likeness (QED) is 0.0834. The van der Waals surface area contributed by atoms with Crippen molar-refractivity contribution in [2.75, 3.05) is 19.1 Å². The van der Waals surface area contributed by atoms with Crippen LogP contribution in [0.5, 0.6) is 11.5 Å². The van der Waals surface area contributed by atoms with Gasteiger partial charge in [0.1, 0.15) is 11.6 Å². The Morgan fingerprint density at radius 2 is 1.77 bits per heavy atom. The van der Waals surface area contributed by atoms with Crippen molar-refractivity contribution >= 4 is 57.3 Å². The third-order valence-electron chi connectivity index (χ3n) is 6.20. The molecule has 0 aliphatic carbocycles. The van der Waals surface area contributed by atoms with Gasteiger partial charge in [-0.15, -0.1) is 10.2 Å². The monoisotopic (exact) mass is 597 g/mol. The molecule has 1 unspecified atom stereocenters. The molecule has 3 aromatic carbocycles. The fraction of sp³-hybridized carbons (Fsp3) is 0.143. The number of amides is 1. The first-order chi connectivity index (χ1) is 19.3. The second kappa shape index (κ2) is 11.7. The lowest BCUT2D eigenvalue weighted by Crippen LogP contribution is -2.29. The number of carbonyl (C=O) groups excluding carboxylic acids is 2. The first-order valence-corrected chi connectivity index (χ1v) is 14.0. The Kier molecular flexibility index (Phi) is 8.06. The first kappa shape index (κ1) is 27.6. The van der Waals surface area contributed by atoms with Gasteiger partial charge in [0.25, 0.3) is 5.78 Å². The number of aliphatic hydroxyl groups is 1. The zero-order chi connectivity index (χ0) is 28.4. The maximum Gasteiger partial charge on any atom is 0.301 e. The number of rotatable bonds is 8. The molecule has 4 aromatic rings. The number of nitrogens with zero attached hydrogens (tertiary/aromatic N) is 3. The molecule has 5 rings (SSSR count). The van der Waals surface area contributed by atoms with Crippen LogP contribution < -0.4 is 14.4 Å². The van der Waals surface area contributed by atoms with Crippen LogP contribution >= 0.6 is 34.7 Å². The van der Waals surface area contributed by atoms with Crippen molar-refractivity contribution in [1.82, 2.24) is 10.2 Å². The Hall–Kier alpha value is -3.93. The predicted octanol–water partition coefficient (Wildman–Crippen LogP) is 6.27. The standard InChI is InChI=1S/C28H21ClFN3O5S2/c1-37-20-12-9-16(13-21(20)38-2)23-22(24(34)15-7-10-18(30)11-8-15)25(35)26(36)33(23)27-31-32-28(40-27)39-14-17-5-3-4-6-19(17)29/h3-13,23,34H,14H2,1-2H3/b24-22-. The van der Waals surface area contributed by atoms with Crippen molar-refractivity contribution in [2.24, 2.45) is 0 Å². The number of ketones is 1. The van der Waals surface area contributed by atoms with Gasteiger partial charge in [0.05, 0.1) is 25.8 Å². The largest absolute Gasteiger partial charge is 0.507 e. The summed E-state index contributed by atoms with van der Waals surface area (Å²) in [6, 6.07) is 16.3. The maximum atomic E-state index is 13.6. The van der Waals surface area contributed by atoms with Gasteiger partial charge < -0.3 is 14.6 Å². The minimum absolute atomic E-state index is 0.168. The molecule has 2 heterocycles. The fourth-order valence-electron chi connectivity index (χ4n) is 4.24. The topological polar surface area (TPSA) is 102 Å². The Labute approximate surface area is 242 Å². The molecule has 8 nitrogen and oxygen atoms in total. The molecular weight excluding hydrogens is 577 g/mol. The molecule has 1 aliphatic heterocycles. The number of thioether (sulfide) groups is 1. The summed E-state index contributed by atoms with van der Waals surface area (Å²) in [7, 11) is 2.95. The smallest absolute Gasteiger partial charge is 0.301 e. The summed E-state index contributed by atoms with van der Waals surface area (Å²) < 4.78 is 24.9. The number of Topliss-reactive ketones (excluding diaryl/α,β-unsaturated/α-hetero) is 1. The van der Waals surface area contributed by atoms with Gasteiger partial charge in [-0.3, -0.25) is 14.5 Å². The number of hydrogen-bond acceptors (Lipinski definition) is 9. The lowest BCUT2D eigenvalue weighted by Gasteiger charge is -2.23. The van der Waals surface area contributed by atoms with E-state index >= 15 is 0 Å². The normalized spacial score (nSPS) is 16.4. The van der Waals surface area contributed by atoms with E-state index in [9.17, 15) is 19.1 Å². The Bertz CT molecular complexity index is 1630. The van der Waals surface area contributed by atoms with Crippen LogP contribution in [-0.2, 0) is 15.3 Å². The van der Waals surface area contributed by atoms with Crippen LogP contribution in [-0.4, -0.2) is 41.2 Å². The van der Waals surface area contributed by atoms with Crippen molar-refractivity contribution in [3.8, 4) is 11.5 Å². The van der Waals surface area contributed by atoms with E-state index in [0.717, 1.165) is 29.0 Å². The van der Waals surface area contributed by atoms with Gasteiger partial charge in [0.15, 0.2) is 15.8 Å². The molecular formula is C28H21ClFN3O5S2. The summed E-state index contributed by atoms with van der Waals surface area (Å²) in [5.41, 5.74) is 1.37. The summed E-state index contributed by atoms with van der Waals surface area (Å²) >= 11 is 8.78. The molecule has 1 aliphatic rings. The lowest BCUT2D eigenvalue weighted by molar-refractivity contribution is -0.132. The third-order valence-corrected chi connectivity index (χ3v) is 8.67. The number of hydrogen-bond donors (Lipinski definition) is 1. The third kappa shape index (κ3) is 5.27. The van der Waals surface area contributed by atoms with Gasteiger partial charge in [-0.1, -0.05) is 59.0 Å². The average Bonchev–Trinajstić information content (AvgIpc) is 3.54. The highest BCUT2D eigenvalue weighted by atomic mass is 35.5. The number of carbonyl (C=O) groups is 2. The van der Waals surface area contributed by atoms with Gasteiger partial charge >= 0.3 is 5.91 Å². The maximum absolute atomic E-state index is 13.6. The lowest BCUT2D eigenvalue weighted by atomic mass is 9.95. The number of aliphatic hydroxyl groups excluding tert-OH is 1. The highest BCUT2D eigenvalue weighted by molar-refractivity contribution is 8.00. The molecule has 0 bridgehead atoms. The number of ether oxygens (including phenoxy) is 2. The van der Waals surface area contributed by atoms with E-state index in [1.54, 1.807) is 24.3 Å². The zero-order valence-electron chi connectivity index (χ0n) is 21.1. The molecule has 1 fully saturated rings. The minimum Gasteiger partial charge on any atom is -0.507 e. The van der Waals surface area contributed by atoms with Crippen molar-refractivity contribution in [1.29, 1.82) is 0 Å². The summed E-state index contributed by atoms with van der Waals surface area (Å²) in [5.74, 6) is -1.43. The molecule has 1 saturated heterocycles. The molecule has 0 radical (unpaired) electrons. The van der Waals surface area contributed by atoms with Crippen LogP contribution in [0.1, 0.15) is 22.7 Å². The molecule has 1 amide bonds. The van der Waals surface area contributed by atoms with E-state index in [-0.39, 0.29) is 16.3 Å². The number of aromatic nitrogens is 2. The van der Waals surface area contributed by atoms with Gasteiger partial charge in [-0.25, -0.2) is 4.39 Å². The average molecular weight is 598 g/mol. The highest BCUT2D eigenvalue weighted by Gasteiger charge is 2.48. The number of halogens is 2. The highest BCUT2D eigenvalue weighted by Crippen LogP contribution is 2.45. The first-order valence-electron chi connectivity index (χ1n) is 11.8. The Balaban J connectivity index is 1.58. The van der Waals surface area contributed by atoms with E-state index < -0.39 is 29.3 Å². The van der Waals surface area contributed by atoms with E-state index in [4.69, 9.17) is 21.1 Å². The second-order valence-corrected chi connectivity index (χ2v) is 11.1. The molecule has 12 heteroatoms. The predicted molar refractivity (Wildman–Crippen MR) is 152 cm³/mol. The minimum atomic E-state index is -1.07. The second-order valence-electron chi connectivity index (χ2n) is 8.52. The van der Waals surface area contributed by atoms with Gasteiger partial charge in [-0.05, 0) is 53.6 Å². The van der Waals surface area contributed by atoms with Gasteiger partial charge in [0, 0.05) is 16.3 Å². The number of methoxy groups -OCH3 is 2. The number of benzene rings is 3. The summed E-state index contributed by atoms with van der Waals surface area (Å²) in [6.45, 7) is 0. The van der Waals surface area contributed by atoms with Gasteiger partial charge in [-0.2, -0.15) is 0 Å². The van der Waals surface area contributed by atoms with Crippen LogP contribution in [0, 0.1) is 5.82 Å². The van der Waals surface area contributed by atoms with Crippen LogP contribution in [0.4, 0.5) is 9.52 Å². The van der Waals surface area contributed by atoms with E-state index in [1.165, 1.54) is 43.0 Å². The van der Waals surface area contributed by atoms with Crippen LogP contribution in [0.15, 0.2) is 76.6 Å². The molecule has 0 saturated carbocycles. The zero-order valence-corrected chi connectivity index (χ0v) is 23.5. The number of anilines is 1. The van der Waals surface area contributed by atoms with Crippen molar-refractivity contribution in [3.05, 3.63) is 99.8 Å².